The van der Waals surface area contributed by atoms with Gasteiger partial charge in [0, 0.05) is 31.3 Å². The van der Waals surface area contributed by atoms with Crippen LogP contribution in [-0.2, 0) is 17.8 Å². The van der Waals surface area contributed by atoms with Gasteiger partial charge >= 0.3 is 5.97 Å². The Morgan fingerprint density at radius 1 is 1.21 bits per heavy atom. The zero-order valence-electron chi connectivity index (χ0n) is 21.9. The average Bonchev–Trinajstić information content (AvgIpc) is 3.36. The lowest BCUT2D eigenvalue weighted by molar-refractivity contribution is -0.145. The summed E-state index contributed by atoms with van der Waals surface area (Å²) in [7, 11) is 1.48. The standard InChI is InChI=1S/C30H32F2N2O5/c1-17(30(36)37)29(35)20-4-3-18-6-8-26(39-27(18)12-20)19-5-7-23(24-13-28(38-2)33-14-25(24)32)21(11-19)15-34-10-9-22(31)16-34/h3-5,7,11-14,17,22,26,29,35H,6,8-10,15-16H2,1-2H3,(H,36,37)/t17-,22?,26?,29+/m0/s1. The number of halogens is 2. The van der Waals surface area contributed by atoms with E-state index < -0.39 is 30.0 Å². The number of carboxylic acids is 1. The van der Waals surface area contributed by atoms with E-state index in [4.69, 9.17) is 9.47 Å². The number of fused-ring (bicyclic) bond motifs is 1. The lowest BCUT2D eigenvalue weighted by Crippen LogP contribution is -2.22. The summed E-state index contributed by atoms with van der Waals surface area (Å²) in [5, 5.41) is 19.8. The Balaban J connectivity index is 1.46. The molecule has 3 aromatic rings. The molecule has 2 N–H and O–H groups in total. The van der Waals surface area contributed by atoms with Crippen LogP contribution >= 0.6 is 0 Å². The third kappa shape index (κ3) is 5.74. The number of ether oxygens (including phenoxy) is 2. The number of alkyl halides is 1. The molecule has 7 nitrogen and oxygen atoms in total. The lowest BCUT2D eigenvalue weighted by Gasteiger charge is -2.29. The summed E-state index contributed by atoms with van der Waals surface area (Å²) in [5.74, 6) is -1.60. The number of pyridine rings is 1. The number of aliphatic hydroxyl groups is 1. The third-order valence-corrected chi connectivity index (χ3v) is 7.68. The first-order valence-corrected chi connectivity index (χ1v) is 13.1. The molecule has 206 valence electrons. The smallest absolute Gasteiger partial charge is 0.309 e. The van der Waals surface area contributed by atoms with Crippen molar-refractivity contribution in [1.82, 2.24) is 9.88 Å². The second-order valence-electron chi connectivity index (χ2n) is 10.3. The summed E-state index contributed by atoms with van der Waals surface area (Å²) in [6, 6.07) is 12.7. The second-order valence-corrected chi connectivity index (χ2v) is 10.3. The van der Waals surface area contributed by atoms with Crippen LogP contribution < -0.4 is 9.47 Å². The second kappa shape index (κ2) is 11.3. The van der Waals surface area contributed by atoms with Crippen LogP contribution in [0.3, 0.4) is 0 Å². The van der Waals surface area contributed by atoms with E-state index >= 15 is 0 Å². The lowest BCUT2D eigenvalue weighted by atomic mass is 9.91. The van der Waals surface area contributed by atoms with E-state index in [1.54, 1.807) is 18.2 Å². The third-order valence-electron chi connectivity index (χ3n) is 7.68. The van der Waals surface area contributed by atoms with Gasteiger partial charge in [0.2, 0.25) is 5.88 Å². The molecular formula is C30H32F2N2O5. The number of nitrogens with zero attached hydrogens (tertiary/aromatic N) is 2. The SMILES string of the molecule is COc1cc(-c2ccc(C3CCc4ccc([C@H](O)[C@H](C)C(=O)O)cc4O3)cc2CN2CCC(F)C2)c(F)cn1. The molecule has 0 spiro atoms. The average molecular weight is 539 g/mol. The molecule has 39 heavy (non-hydrogen) atoms. The molecule has 0 amide bonds. The van der Waals surface area contributed by atoms with Crippen molar-refractivity contribution in [2.45, 2.75) is 51.1 Å². The van der Waals surface area contributed by atoms with E-state index in [1.807, 2.05) is 29.2 Å². The molecule has 3 heterocycles. The summed E-state index contributed by atoms with van der Waals surface area (Å²) in [5.41, 5.74) is 4.27. The summed E-state index contributed by atoms with van der Waals surface area (Å²) in [6.07, 6.45) is 0.747. The molecule has 2 unspecified atom stereocenters. The molecule has 4 atom stereocenters. The molecule has 1 aromatic heterocycles. The maximum atomic E-state index is 14.9. The quantitative estimate of drug-likeness (QED) is 0.404. The van der Waals surface area contributed by atoms with Crippen LogP contribution in [0.1, 0.15) is 54.2 Å². The highest BCUT2D eigenvalue weighted by atomic mass is 19.1. The fraction of sp³-hybridized carbons (Fsp3) is 0.400. The van der Waals surface area contributed by atoms with Crippen molar-refractivity contribution < 1.29 is 33.3 Å². The van der Waals surface area contributed by atoms with Crippen molar-refractivity contribution in [2.24, 2.45) is 5.92 Å². The van der Waals surface area contributed by atoms with Gasteiger partial charge in [0.25, 0.3) is 0 Å². The van der Waals surface area contributed by atoms with Crippen LogP contribution in [0.5, 0.6) is 11.6 Å². The van der Waals surface area contributed by atoms with E-state index in [0.717, 1.165) is 29.3 Å². The minimum Gasteiger partial charge on any atom is -0.485 e. The summed E-state index contributed by atoms with van der Waals surface area (Å²) < 4.78 is 40.4. The van der Waals surface area contributed by atoms with Crippen LogP contribution in [0.15, 0.2) is 48.7 Å². The van der Waals surface area contributed by atoms with Crippen molar-refractivity contribution in [1.29, 1.82) is 0 Å². The molecule has 0 radical (unpaired) electrons. The number of methoxy groups -OCH3 is 1. The zero-order chi connectivity index (χ0) is 27.7. The van der Waals surface area contributed by atoms with E-state index in [-0.39, 0.29) is 6.10 Å². The molecule has 1 saturated heterocycles. The molecule has 0 saturated carbocycles. The Kier molecular flexibility index (Phi) is 7.81. The molecule has 9 heteroatoms. The molecule has 2 aromatic carbocycles. The predicted octanol–water partition coefficient (Wildman–Crippen LogP) is 5.26. The molecular weight excluding hydrogens is 506 g/mol. The first kappa shape index (κ1) is 27.0. The van der Waals surface area contributed by atoms with E-state index in [1.165, 1.54) is 14.0 Å². The van der Waals surface area contributed by atoms with Crippen molar-refractivity contribution in [2.75, 3.05) is 20.2 Å². The number of rotatable bonds is 8. The first-order chi connectivity index (χ1) is 18.7. The Labute approximate surface area is 226 Å². The number of aromatic nitrogens is 1. The number of carboxylic acid groups (broad SMARTS) is 1. The first-order valence-electron chi connectivity index (χ1n) is 13.1. The number of benzene rings is 2. The monoisotopic (exact) mass is 538 g/mol. The highest BCUT2D eigenvalue weighted by Crippen LogP contribution is 2.39. The van der Waals surface area contributed by atoms with Gasteiger partial charge in [-0.25, -0.2) is 13.8 Å². The van der Waals surface area contributed by atoms with Crippen molar-refractivity contribution in [3.8, 4) is 22.8 Å². The minimum absolute atomic E-state index is 0.293. The Hall–Kier alpha value is -3.56. The Morgan fingerprint density at radius 3 is 2.74 bits per heavy atom. The zero-order valence-corrected chi connectivity index (χ0v) is 21.9. The summed E-state index contributed by atoms with van der Waals surface area (Å²) in [4.78, 5) is 17.3. The molecule has 1 fully saturated rings. The van der Waals surface area contributed by atoms with Crippen LogP contribution in [0.2, 0.25) is 0 Å². The largest absolute Gasteiger partial charge is 0.485 e. The van der Waals surface area contributed by atoms with Gasteiger partial charge in [-0.1, -0.05) is 30.3 Å². The highest BCUT2D eigenvalue weighted by Gasteiger charge is 2.28. The van der Waals surface area contributed by atoms with Crippen LogP contribution in [-0.4, -0.2) is 52.4 Å². The van der Waals surface area contributed by atoms with E-state index in [0.29, 0.717) is 60.8 Å². The van der Waals surface area contributed by atoms with Crippen molar-refractivity contribution in [3.05, 3.63) is 76.7 Å². The molecule has 5 rings (SSSR count). The minimum atomic E-state index is -1.16. The molecule has 0 aliphatic carbocycles. The number of aryl methyl sites for hydroxylation is 1. The van der Waals surface area contributed by atoms with Gasteiger partial charge in [-0.05, 0) is 60.1 Å². The van der Waals surface area contributed by atoms with Crippen molar-refractivity contribution >= 4 is 5.97 Å². The topological polar surface area (TPSA) is 92.1 Å². The number of aliphatic hydroxyl groups excluding tert-OH is 1. The fourth-order valence-electron chi connectivity index (χ4n) is 5.34. The van der Waals surface area contributed by atoms with Gasteiger partial charge in [-0.2, -0.15) is 0 Å². The molecule has 0 bridgehead atoms. The maximum Gasteiger partial charge on any atom is 0.309 e. The predicted molar refractivity (Wildman–Crippen MR) is 141 cm³/mol. The molecule has 2 aliphatic rings. The van der Waals surface area contributed by atoms with E-state index in [9.17, 15) is 23.8 Å². The number of hydrogen-bond donors (Lipinski definition) is 2. The highest BCUT2D eigenvalue weighted by molar-refractivity contribution is 5.71. The summed E-state index contributed by atoms with van der Waals surface area (Å²) in [6.45, 7) is 2.88. The van der Waals surface area contributed by atoms with Crippen LogP contribution in [0.25, 0.3) is 11.1 Å². The number of carbonyl (C=O) groups is 1. The van der Waals surface area contributed by atoms with Crippen molar-refractivity contribution in [3.63, 3.8) is 0 Å². The van der Waals surface area contributed by atoms with Crippen LogP contribution in [0, 0.1) is 11.7 Å². The molecule has 2 aliphatic heterocycles. The number of likely N-dealkylation sites (tertiary alicyclic amines) is 1. The number of hydrogen-bond acceptors (Lipinski definition) is 6. The van der Waals surface area contributed by atoms with Crippen LogP contribution in [0.4, 0.5) is 8.78 Å². The van der Waals surface area contributed by atoms with Gasteiger partial charge in [0.05, 0.1) is 25.3 Å². The maximum absolute atomic E-state index is 14.9. The van der Waals surface area contributed by atoms with E-state index in [2.05, 4.69) is 4.98 Å². The Morgan fingerprint density at radius 2 is 2.03 bits per heavy atom. The summed E-state index contributed by atoms with van der Waals surface area (Å²) >= 11 is 0. The van der Waals surface area contributed by atoms with Gasteiger partial charge in [-0.15, -0.1) is 0 Å². The van der Waals surface area contributed by atoms with Gasteiger partial charge in [0.1, 0.15) is 23.8 Å². The van der Waals surface area contributed by atoms with Gasteiger partial charge < -0.3 is 19.7 Å². The fourth-order valence-corrected chi connectivity index (χ4v) is 5.34. The number of aliphatic carboxylic acids is 1. The normalized spacial score (nSPS) is 20.6. The van der Waals surface area contributed by atoms with Gasteiger partial charge in [-0.3, -0.25) is 9.69 Å². The Bertz CT molecular complexity index is 1370. The van der Waals surface area contributed by atoms with Gasteiger partial charge in [0.15, 0.2) is 0 Å².